The Labute approximate surface area is 163 Å². The van der Waals surface area contributed by atoms with Gasteiger partial charge >= 0.3 is 12.2 Å². The van der Waals surface area contributed by atoms with Crippen molar-refractivity contribution in [2.45, 2.75) is 25.3 Å². The molecule has 2 N–H and O–H groups in total. The molecule has 1 unspecified atom stereocenters. The summed E-state index contributed by atoms with van der Waals surface area (Å²) < 4.78 is 62.6. The summed E-state index contributed by atoms with van der Waals surface area (Å²) in [7, 11) is 2.59. The Morgan fingerprint density at radius 1 is 1.28 bits per heavy atom. The van der Waals surface area contributed by atoms with Gasteiger partial charge in [0.05, 0.1) is 5.56 Å². The molecule has 11 heteroatoms. The normalized spacial score (nSPS) is 19.3. The van der Waals surface area contributed by atoms with Gasteiger partial charge in [0, 0.05) is 38.5 Å². The van der Waals surface area contributed by atoms with Crippen molar-refractivity contribution in [1.29, 1.82) is 0 Å². The quantitative estimate of drug-likeness (QED) is 0.469. The maximum Gasteiger partial charge on any atom is 0.426 e. The van der Waals surface area contributed by atoms with E-state index in [4.69, 9.17) is 15.2 Å². The highest BCUT2D eigenvalue weighted by Crippen LogP contribution is 2.41. The van der Waals surface area contributed by atoms with Crippen molar-refractivity contribution in [1.82, 2.24) is 14.5 Å². The smallest absolute Gasteiger partial charge is 0.350 e. The molecule has 1 atom stereocenters. The number of nitrogens with zero attached hydrogens (tertiary/aromatic N) is 3. The van der Waals surface area contributed by atoms with Crippen LogP contribution in [0.25, 0.3) is 0 Å². The lowest BCUT2D eigenvalue weighted by Crippen LogP contribution is -2.56. The number of hydrogen-bond donors (Lipinski definition) is 1. The Balaban J connectivity index is 2.22. The van der Waals surface area contributed by atoms with Crippen LogP contribution in [0.2, 0.25) is 0 Å². The number of carbonyl (C=O) groups excluding carboxylic acids is 1. The van der Waals surface area contributed by atoms with E-state index >= 15 is 0 Å². The molecule has 0 aromatic carbocycles. The maximum absolute atomic E-state index is 14.6. The zero-order chi connectivity index (χ0) is 21.4. The topological polar surface area (TPSA) is 87.3 Å². The lowest BCUT2D eigenvalue weighted by Gasteiger charge is -2.35. The number of quaternary nitrogens is 1. The van der Waals surface area contributed by atoms with Gasteiger partial charge in [0.1, 0.15) is 12.2 Å². The van der Waals surface area contributed by atoms with Crippen molar-refractivity contribution in [2.75, 3.05) is 20.8 Å². The SMILES string of the molecule is COC(OC)c1nc2c(cc1F)CCC[N+]2(C(N)=O)c1ccc(C(F)(F)F)cn1. The molecule has 7 nitrogen and oxygen atoms in total. The van der Waals surface area contributed by atoms with E-state index in [1.54, 1.807) is 0 Å². The number of alkyl halides is 3. The van der Waals surface area contributed by atoms with Gasteiger partial charge in [-0.15, -0.1) is 4.48 Å². The van der Waals surface area contributed by atoms with E-state index in [-0.39, 0.29) is 23.9 Å². The monoisotopic (exact) mass is 415 g/mol. The average Bonchev–Trinajstić information content (AvgIpc) is 2.68. The third-order valence-electron chi connectivity index (χ3n) is 4.85. The van der Waals surface area contributed by atoms with E-state index < -0.39 is 34.4 Å². The summed E-state index contributed by atoms with van der Waals surface area (Å²) >= 11 is 0. The second-order valence-corrected chi connectivity index (χ2v) is 6.52. The highest BCUT2D eigenvalue weighted by atomic mass is 19.4. The number of amides is 2. The molecular weight excluding hydrogens is 396 g/mol. The van der Waals surface area contributed by atoms with Crippen LogP contribution in [-0.4, -0.2) is 36.8 Å². The molecule has 2 aromatic heterocycles. The molecule has 0 saturated carbocycles. The van der Waals surface area contributed by atoms with Crippen molar-refractivity contribution >= 4 is 17.7 Å². The lowest BCUT2D eigenvalue weighted by atomic mass is 10.0. The van der Waals surface area contributed by atoms with E-state index in [1.165, 1.54) is 20.3 Å². The molecule has 2 amide bonds. The minimum atomic E-state index is -4.58. The third-order valence-corrected chi connectivity index (χ3v) is 4.85. The van der Waals surface area contributed by atoms with Crippen LogP contribution in [0.5, 0.6) is 0 Å². The Morgan fingerprint density at radius 3 is 2.48 bits per heavy atom. The number of primary amides is 1. The Hall–Kier alpha value is -2.63. The van der Waals surface area contributed by atoms with Gasteiger partial charge in [-0.1, -0.05) is 0 Å². The number of aromatic nitrogens is 2. The van der Waals surface area contributed by atoms with E-state index in [2.05, 4.69) is 9.97 Å². The number of nitrogens with two attached hydrogens (primary N) is 1. The molecule has 29 heavy (non-hydrogen) atoms. The van der Waals surface area contributed by atoms with Crippen molar-refractivity contribution in [3.63, 3.8) is 0 Å². The van der Waals surface area contributed by atoms with Gasteiger partial charge in [0.25, 0.3) is 0 Å². The fourth-order valence-electron chi connectivity index (χ4n) is 3.47. The molecule has 0 aliphatic carbocycles. The summed E-state index contributed by atoms with van der Waals surface area (Å²) in [5, 5.41) is 0. The number of aryl methyl sites for hydroxylation is 1. The third kappa shape index (κ3) is 3.56. The summed E-state index contributed by atoms with van der Waals surface area (Å²) in [5.74, 6) is -0.642. The number of pyridine rings is 2. The molecule has 3 heterocycles. The molecule has 1 aliphatic rings. The number of ether oxygens (including phenoxy) is 2. The summed E-state index contributed by atoms with van der Waals surface area (Å²) in [6.45, 7) is 0.114. The average molecular weight is 415 g/mol. The van der Waals surface area contributed by atoms with Crippen LogP contribution in [0.1, 0.15) is 29.5 Å². The van der Waals surface area contributed by atoms with Crippen molar-refractivity contribution in [2.24, 2.45) is 5.73 Å². The molecule has 0 spiro atoms. The number of rotatable bonds is 4. The maximum atomic E-state index is 14.6. The van der Waals surface area contributed by atoms with Crippen LogP contribution in [0.15, 0.2) is 24.4 Å². The molecule has 2 aromatic rings. The van der Waals surface area contributed by atoms with Crippen LogP contribution in [-0.2, 0) is 22.1 Å². The van der Waals surface area contributed by atoms with Gasteiger partial charge < -0.3 is 15.2 Å². The van der Waals surface area contributed by atoms with Gasteiger partial charge in [-0.05, 0) is 18.6 Å². The first kappa shape index (κ1) is 21.1. The minimum absolute atomic E-state index is 0.0390. The number of halogens is 4. The van der Waals surface area contributed by atoms with Crippen molar-refractivity contribution in [3.8, 4) is 0 Å². The van der Waals surface area contributed by atoms with Gasteiger partial charge in [0.2, 0.25) is 17.9 Å². The molecule has 0 radical (unpaired) electrons. The van der Waals surface area contributed by atoms with Gasteiger partial charge in [-0.3, -0.25) is 0 Å². The number of methoxy groups -OCH3 is 2. The van der Waals surface area contributed by atoms with E-state index in [1.807, 2.05) is 0 Å². The van der Waals surface area contributed by atoms with E-state index in [9.17, 15) is 22.4 Å². The van der Waals surface area contributed by atoms with Crippen molar-refractivity contribution in [3.05, 3.63) is 47.0 Å². The van der Waals surface area contributed by atoms with Gasteiger partial charge in [-0.25, -0.2) is 14.2 Å². The predicted octanol–water partition coefficient (Wildman–Crippen LogP) is 3.59. The number of carbonyl (C=O) groups is 1. The molecule has 0 bridgehead atoms. The van der Waals surface area contributed by atoms with Crippen molar-refractivity contribution < 1.29 is 31.8 Å². The molecule has 3 rings (SSSR count). The standard InChI is InChI=1S/C18H18F4N4O3/c1-28-16(29-2)14-12(19)8-10-4-3-7-26(17(23)27,15(10)25-14)13-6-5-11(9-24-13)18(20,21)22/h5-6,8-9,16H,3-4,7H2,1-2H3,(H-,23,27)/p+1. The molecule has 1 aliphatic heterocycles. The molecule has 0 saturated heterocycles. The second kappa shape index (κ2) is 7.65. The summed E-state index contributed by atoms with van der Waals surface area (Å²) in [5.41, 5.74) is 4.92. The summed E-state index contributed by atoms with van der Waals surface area (Å²) in [4.78, 5) is 20.7. The number of fused-ring (bicyclic) bond motifs is 1. The fourth-order valence-corrected chi connectivity index (χ4v) is 3.47. The Kier molecular flexibility index (Phi) is 5.57. The fraction of sp³-hybridized carbons (Fsp3) is 0.389. The van der Waals surface area contributed by atoms with Crippen LogP contribution in [0, 0.1) is 5.82 Å². The molecular formula is C18H19F4N4O3+. The molecule has 156 valence electrons. The summed E-state index contributed by atoms with van der Waals surface area (Å²) in [6, 6.07) is 2.21. The number of hydrogen-bond acceptors (Lipinski definition) is 5. The highest BCUT2D eigenvalue weighted by molar-refractivity contribution is 5.92. The van der Waals surface area contributed by atoms with Crippen LogP contribution in [0.3, 0.4) is 0 Å². The minimum Gasteiger partial charge on any atom is -0.350 e. The van der Waals surface area contributed by atoms with Crippen LogP contribution < -0.4 is 10.2 Å². The lowest BCUT2D eigenvalue weighted by molar-refractivity contribution is -0.137. The first-order chi connectivity index (χ1) is 13.6. The number of urea groups is 1. The largest absolute Gasteiger partial charge is 0.426 e. The highest BCUT2D eigenvalue weighted by Gasteiger charge is 2.48. The van der Waals surface area contributed by atoms with Crippen LogP contribution >= 0.6 is 0 Å². The Bertz CT molecular complexity index is 917. The molecule has 0 fully saturated rings. The van der Waals surface area contributed by atoms with E-state index in [0.29, 0.717) is 24.6 Å². The first-order valence-corrected chi connectivity index (χ1v) is 8.62. The zero-order valence-electron chi connectivity index (χ0n) is 15.7. The second-order valence-electron chi connectivity index (χ2n) is 6.52. The zero-order valence-corrected chi connectivity index (χ0v) is 15.7. The van der Waals surface area contributed by atoms with Crippen LogP contribution in [0.4, 0.5) is 34.0 Å². The Morgan fingerprint density at radius 2 is 1.97 bits per heavy atom. The first-order valence-electron chi connectivity index (χ1n) is 8.62. The predicted molar refractivity (Wildman–Crippen MR) is 94.4 cm³/mol. The van der Waals surface area contributed by atoms with Gasteiger partial charge in [-0.2, -0.15) is 18.2 Å². The summed E-state index contributed by atoms with van der Waals surface area (Å²) in [6.07, 6.45) is -4.25. The van der Waals surface area contributed by atoms with Gasteiger partial charge in [0.15, 0.2) is 5.82 Å². The van der Waals surface area contributed by atoms with E-state index in [0.717, 1.165) is 12.1 Å².